The highest BCUT2D eigenvalue weighted by Crippen LogP contribution is 2.24. The lowest BCUT2D eigenvalue weighted by Gasteiger charge is -2.27. The lowest BCUT2D eigenvalue weighted by molar-refractivity contribution is -0.133. The number of carbonyl (C=O) groups is 2. The lowest BCUT2D eigenvalue weighted by Crippen LogP contribution is -2.42. The monoisotopic (exact) mass is 384 g/mol. The van der Waals surface area contributed by atoms with E-state index in [0.29, 0.717) is 11.6 Å². The molecule has 2 aliphatic heterocycles. The summed E-state index contributed by atoms with van der Waals surface area (Å²) < 4.78 is 23.3. The van der Waals surface area contributed by atoms with E-state index >= 15 is 0 Å². The number of thiazole rings is 1. The summed E-state index contributed by atoms with van der Waals surface area (Å²) in [6.45, 7) is 4.04. The van der Waals surface area contributed by atoms with Gasteiger partial charge in [-0.2, -0.15) is 5.10 Å². The van der Waals surface area contributed by atoms with Crippen LogP contribution in [0.2, 0.25) is 0 Å². The molecule has 0 bridgehead atoms. The summed E-state index contributed by atoms with van der Waals surface area (Å²) in [6, 6.07) is -0.479. The molecule has 0 radical (unpaired) electrons. The fraction of sp³-hybridized carbons (Fsp3) is 0.600. The highest BCUT2D eigenvalue weighted by Gasteiger charge is 2.37. The molecular weight excluding hydrogens is 364 g/mol. The lowest BCUT2D eigenvalue weighted by atomic mass is 10.1. The molecule has 25 heavy (non-hydrogen) atoms. The molecular formula is C15H20N4O4S2. The van der Waals surface area contributed by atoms with Crippen LogP contribution in [0.3, 0.4) is 0 Å². The maximum absolute atomic E-state index is 12.4. The van der Waals surface area contributed by atoms with Gasteiger partial charge in [0.05, 0.1) is 23.2 Å². The van der Waals surface area contributed by atoms with Crippen molar-refractivity contribution in [3.63, 3.8) is 0 Å². The fourth-order valence-corrected chi connectivity index (χ4v) is 5.33. The third-order valence-electron chi connectivity index (χ3n) is 4.21. The van der Waals surface area contributed by atoms with Crippen LogP contribution in [-0.4, -0.2) is 53.5 Å². The number of hydrogen-bond acceptors (Lipinski definition) is 7. The molecule has 2 aliphatic rings. The average Bonchev–Trinajstić information content (AvgIpc) is 3.14. The first-order valence-electron chi connectivity index (χ1n) is 8.12. The van der Waals surface area contributed by atoms with Crippen LogP contribution in [0.25, 0.3) is 0 Å². The van der Waals surface area contributed by atoms with Crippen LogP contribution in [0.1, 0.15) is 44.7 Å². The minimum absolute atomic E-state index is 0.0512. The molecule has 0 unspecified atom stereocenters. The molecule has 1 N–H and O–H groups in total. The van der Waals surface area contributed by atoms with E-state index in [4.69, 9.17) is 0 Å². The number of nitrogens with zero attached hydrogens (tertiary/aromatic N) is 3. The standard InChI is InChI=1S/C15H20N4O4S2/c1-9(2)12-7-24-15(16-12)17-14(21)11-3-4-13(20)19(18-11)10-5-6-25(22,23)8-10/h7,9-10H,3-6,8H2,1-2H3,(H,16,17,21)/t10-/m1/s1. The second-order valence-electron chi connectivity index (χ2n) is 6.53. The van der Waals surface area contributed by atoms with Gasteiger partial charge < -0.3 is 0 Å². The van der Waals surface area contributed by atoms with Crippen LogP contribution >= 0.6 is 11.3 Å². The first-order valence-corrected chi connectivity index (χ1v) is 10.8. The van der Waals surface area contributed by atoms with Crippen molar-refractivity contribution in [1.82, 2.24) is 9.99 Å². The largest absolute Gasteiger partial charge is 0.297 e. The van der Waals surface area contributed by atoms with Crippen LogP contribution in [0.4, 0.5) is 5.13 Å². The molecule has 0 aromatic carbocycles. The van der Waals surface area contributed by atoms with Gasteiger partial charge in [-0.15, -0.1) is 11.3 Å². The summed E-state index contributed by atoms with van der Waals surface area (Å²) in [6.07, 6.45) is 0.748. The maximum Gasteiger partial charge on any atom is 0.273 e. The molecule has 1 aromatic heterocycles. The van der Waals surface area contributed by atoms with Crippen molar-refractivity contribution in [1.29, 1.82) is 0 Å². The van der Waals surface area contributed by atoms with Gasteiger partial charge >= 0.3 is 0 Å². The van der Waals surface area contributed by atoms with Crippen LogP contribution in [0, 0.1) is 0 Å². The van der Waals surface area contributed by atoms with Gasteiger partial charge in [0, 0.05) is 18.2 Å². The number of nitrogens with one attached hydrogen (secondary N) is 1. The third-order valence-corrected chi connectivity index (χ3v) is 6.74. The summed E-state index contributed by atoms with van der Waals surface area (Å²) in [4.78, 5) is 28.8. The Balaban J connectivity index is 1.73. The van der Waals surface area contributed by atoms with E-state index in [1.54, 1.807) is 0 Å². The van der Waals surface area contributed by atoms with Crippen molar-refractivity contribution in [3.8, 4) is 0 Å². The normalized spacial score (nSPS) is 23.0. The summed E-state index contributed by atoms with van der Waals surface area (Å²) >= 11 is 1.34. The first kappa shape index (κ1) is 18.0. The van der Waals surface area contributed by atoms with E-state index in [1.807, 2.05) is 19.2 Å². The number of rotatable bonds is 4. The summed E-state index contributed by atoms with van der Waals surface area (Å²) in [5, 5.41) is 10.4. The van der Waals surface area contributed by atoms with Gasteiger partial charge in [0.2, 0.25) is 5.91 Å². The smallest absolute Gasteiger partial charge is 0.273 e. The summed E-state index contributed by atoms with van der Waals surface area (Å²) in [5.41, 5.74) is 1.13. The van der Waals surface area contributed by atoms with Crippen molar-refractivity contribution in [2.75, 3.05) is 16.8 Å². The number of aromatic nitrogens is 1. The Kier molecular flexibility index (Phi) is 4.92. The maximum atomic E-state index is 12.4. The second kappa shape index (κ2) is 6.83. The Morgan fingerprint density at radius 1 is 1.40 bits per heavy atom. The minimum atomic E-state index is -3.13. The molecule has 0 spiro atoms. The van der Waals surface area contributed by atoms with Crippen molar-refractivity contribution < 1.29 is 18.0 Å². The van der Waals surface area contributed by atoms with Gasteiger partial charge in [-0.25, -0.2) is 18.4 Å². The van der Waals surface area contributed by atoms with E-state index in [9.17, 15) is 18.0 Å². The molecule has 0 aliphatic carbocycles. The SMILES string of the molecule is CC(C)c1csc(NC(=O)C2=NN([C@@H]3CCS(=O)(=O)C3)C(=O)CC2)n1. The Morgan fingerprint density at radius 2 is 2.16 bits per heavy atom. The second-order valence-corrected chi connectivity index (χ2v) is 9.62. The van der Waals surface area contributed by atoms with E-state index < -0.39 is 21.8 Å². The van der Waals surface area contributed by atoms with Crippen molar-refractivity contribution in [2.45, 2.75) is 45.1 Å². The van der Waals surface area contributed by atoms with Gasteiger partial charge in [0.1, 0.15) is 5.71 Å². The number of sulfone groups is 1. The molecule has 2 amide bonds. The Labute approximate surface area is 150 Å². The highest BCUT2D eigenvalue weighted by molar-refractivity contribution is 7.91. The van der Waals surface area contributed by atoms with Gasteiger partial charge in [-0.3, -0.25) is 14.9 Å². The Bertz CT molecular complexity index is 828. The molecule has 0 saturated carbocycles. The topological polar surface area (TPSA) is 109 Å². The molecule has 1 saturated heterocycles. The number of hydrogen-bond donors (Lipinski definition) is 1. The van der Waals surface area contributed by atoms with Crippen molar-refractivity contribution in [2.24, 2.45) is 5.10 Å². The number of amides is 2. The molecule has 1 aromatic rings. The van der Waals surface area contributed by atoms with Crippen molar-refractivity contribution >= 4 is 43.8 Å². The molecule has 1 fully saturated rings. The minimum Gasteiger partial charge on any atom is -0.297 e. The molecule has 3 heterocycles. The predicted molar refractivity (Wildman–Crippen MR) is 95.4 cm³/mol. The van der Waals surface area contributed by atoms with Crippen LogP contribution in [-0.2, 0) is 19.4 Å². The third kappa shape index (κ3) is 4.06. The number of carbonyl (C=O) groups excluding carboxylic acids is 2. The number of anilines is 1. The summed E-state index contributed by atoms with van der Waals surface area (Å²) in [5.74, 6) is -0.416. The molecule has 136 valence electrons. The fourth-order valence-electron chi connectivity index (χ4n) is 2.77. The molecule has 8 nitrogen and oxygen atoms in total. The zero-order valence-corrected chi connectivity index (χ0v) is 15.7. The van der Waals surface area contributed by atoms with Gasteiger partial charge in [0.25, 0.3) is 5.91 Å². The molecule has 1 atom stereocenters. The summed E-state index contributed by atoms with van der Waals surface area (Å²) in [7, 11) is -3.13. The van der Waals surface area contributed by atoms with Gasteiger partial charge in [-0.1, -0.05) is 13.8 Å². The van der Waals surface area contributed by atoms with E-state index in [-0.39, 0.29) is 41.9 Å². The van der Waals surface area contributed by atoms with Gasteiger partial charge in [-0.05, 0) is 12.3 Å². The first-order chi connectivity index (χ1) is 11.7. The Morgan fingerprint density at radius 3 is 2.76 bits per heavy atom. The molecule has 3 rings (SSSR count). The Hall–Kier alpha value is -1.81. The number of hydrazone groups is 1. The zero-order chi connectivity index (χ0) is 18.2. The molecule has 10 heteroatoms. The van der Waals surface area contributed by atoms with Crippen LogP contribution < -0.4 is 5.32 Å². The van der Waals surface area contributed by atoms with Crippen LogP contribution in [0.5, 0.6) is 0 Å². The zero-order valence-electron chi connectivity index (χ0n) is 14.1. The van der Waals surface area contributed by atoms with Crippen molar-refractivity contribution in [3.05, 3.63) is 11.1 Å². The highest BCUT2D eigenvalue weighted by atomic mass is 32.2. The van der Waals surface area contributed by atoms with Crippen LogP contribution in [0.15, 0.2) is 10.5 Å². The van der Waals surface area contributed by atoms with E-state index in [0.717, 1.165) is 5.69 Å². The average molecular weight is 384 g/mol. The van der Waals surface area contributed by atoms with E-state index in [2.05, 4.69) is 15.4 Å². The van der Waals surface area contributed by atoms with E-state index in [1.165, 1.54) is 16.3 Å². The quantitative estimate of drug-likeness (QED) is 0.843. The van der Waals surface area contributed by atoms with Gasteiger partial charge in [0.15, 0.2) is 15.0 Å². The predicted octanol–water partition coefficient (Wildman–Crippen LogP) is 1.37.